The molecule has 3 aromatic rings. The van der Waals surface area contributed by atoms with Gasteiger partial charge in [-0.15, -0.1) is 0 Å². The van der Waals surface area contributed by atoms with Crippen molar-refractivity contribution in [2.24, 2.45) is 0 Å². The Kier molecular flexibility index (Phi) is 6.25. The quantitative estimate of drug-likeness (QED) is 0.495. The highest BCUT2D eigenvalue weighted by atomic mass is 35.5. The third-order valence-corrected chi connectivity index (χ3v) is 5.20. The number of aliphatic hydroxyl groups is 1. The molecular formula is C19H17Cl2F2N5O2. The molecule has 2 atom stereocenters. The zero-order valence-electron chi connectivity index (χ0n) is 15.6. The second-order valence-corrected chi connectivity index (χ2v) is 7.53. The van der Waals surface area contributed by atoms with Gasteiger partial charge in [0, 0.05) is 16.7 Å². The lowest BCUT2D eigenvalue weighted by molar-refractivity contribution is -0.0186. The van der Waals surface area contributed by atoms with Crippen LogP contribution in [0.4, 0.5) is 14.5 Å². The van der Waals surface area contributed by atoms with E-state index in [1.807, 2.05) is 0 Å². The molecule has 0 saturated carbocycles. The van der Waals surface area contributed by atoms with Crippen molar-refractivity contribution in [3.05, 3.63) is 75.8 Å². The van der Waals surface area contributed by atoms with E-state index < -0.39 is 29.2 Å². The minimum Gasteiger partial charge on any atom is -0.397 e. The monoisotopic (exact) mass is 455 g/mol. The van der Waals surface area contributed by atoms with Crippen LogP contribution in [-0.4, -0.2) is 31.8 Å². The molecule has 0 aliphatic heterocycles. The molecule has 0 fully saturated rings. The van der Waals surface area contributed by atoms with Crippen molar-refractivity contribution in [1.82, 2.24) is 20.1 Å². The first kappa shape index (κ1) is 21.9. The number of aromatic nitrogens is 3. The first-order chi connectivity index (χ1) is 14.1. The normalized spacial score (nSPS) is 14.2. The molecule has 7 nitrogen and oxygen atoms in total. The van der Waals surface area contributed by atoms with Crippen molar-refractivity contribution in [3.8, 4) is 0 Å². The molecule has 0 spiro atoms. The molecule has 0 radical (unpaired) electrons. The topological polar surface area (TPSA) is 106 Å². The van der Waals surface area contributed by atoms with Crippen LogP contribution in [0.2, 0.25) is 10.0 Å². The van der Waals surface area contributed by atoms with Crippen LogP contribution in [0, 0.1) is 11.6 Å². The summed E-state index contributed by atoms with van der Waals surface area (Å²) >= 11 is 11.9. The maximum atomic E-state index is 14.6. The molecule has 11 heteroatoms. The average Bonchev–Trinajstić information content (AvgIpc) is 3.17. The summed E-state index contributed by atoms with van der Waals surface area (Å²) in [4.78, 5) is 16.6. The summed E-state index contributed by atoms with van der Waals surface area (Å²) in [5.74, 6) is -2.48. The molecule has 30 heavy (non-hydrogen) atoms. The van der Waals surface area contributed by atoms with Gasteiger partial charge in [0.05, 0.1) is 28.9 Å². The van der Waals surface area contributed by atoms with Gasteiger partial charge in [0.25, 0.3) is 5.91 Å². The summed E-state index contributed by atoms with van der Waals surface area (Å²) in [7, 11) is 0. The lowest BCUT2D eigenvalue weighted by atomic mass is 9.86. The van der Waals surface area contributed by atoms with E-state index >= 15 is 0 Å². The first-order valence-electron chi connectivity index (χ1n) is 8.67. The summed E-state index contributed by atoms with van der Waals surface area (Å²) in [5, 5.41) is 18.2. The van der Waals surface area contributed by atoms with Gasteiger partial charge >= 0.3 is 0 Å². The Labute approximate surface area is 180 Å². The maximum Gasteiger partial charge on any atom is 0.253 e. The van der Waals surface area contributed by atoms with Crippen LogP contribution in [0.25, 0.3) is 0 Å². The van der Waals surface area contributed by atoms with Crippen molar-refractivity contribution in [3.63, 3.8) is 0 Å². The summed E-state index contributed by atoms with van der Waals surface area (Å²) in [5.41, 5.74) is 3.60. The van der Waals surface area contributed by atoms with Crippen LogP contribution in [0.15, 0.2) is 43.0 Å². The Morgan fingerprint density at radius 2 is 2.07 bits per heavy atom. The Balaban J connectivity index is 1.98. The number of halogens is 4. The molecule has 1 heterocycles. The van der Waals surface area contributed by atoms with Gasteiger partial charge in [-0.2, -0.15) is 5.10 Å². The van der Waals surface area contributed by atoms with Crippen molar-refractivity contribution >= 4 is 34.8 Å². The van der Waals surface area contributed by atoms with Gasteiger partial charge in [-0.3, -0.25) is 4.79 Å². The maximum absolute atomic E-state index is 14.6. The number of carbonyl (C=O) groups is 1. The molecule has 0 bridgehead atoms. The summed E-state index contributed by atoms with van der Waals surface area (Å²) < 4.78 is 29.2. The van der Waals surface area contributed by atoms with Crippen LogP contribution < -0.4 is 11.1 Å². The molecule has 1 aromatic heterocycles. The number of hydrogen-bond donors (Lipinski definition) is 3. The van der Waals surface area contributed by atoms with Crippen LogP contribution >= 0.6 is 23.2 Å². The molecule has 1 amide bonds. The number of nitrogens with two attached hydrogens (primary N) is 1. The number of amides is 1. The second-order valence-electron chi connectivity index (χ2n) is 6.69. The molecule has 4 N–H and O–H groups in total. The SMILES string of the molecule is C[C@@H](NC(=O)c1cc(Cl)cc(Cl)c1N)[C@](O)(Cn1cncn1)c1ccc(F)cc1F. The van der Waals surface area contributed by atoms with E-state index in [-0.39, 0.29) is 33.4 Å². The second kappa shape index (κ2) is 8.55. The highest BCUT2D eigenvalue weighted by molar-refractivity contribution is 6.37. The lowest BCUT2D eigenvalue weighted by Crippen LogP contribution is -2.52. The standard InChI is InChI=1S/C19H17Cl2F2N5O2/c1-10(27-18(29)13-4-11(20)5-15(21)17(13)24)19(30,7-28-9-25-8-26-28)14-3-2-12(22)6-16(14)23/h2-6,8-10,30H,7,24H2,1H3,(H,27,29)/t10-,19-/m1/s1. The molecule has 158 valence electrons. The smallest absolute Gasteiger partial charge is 0.253 e. The molecule has 2 aromatic carbocycles. The van der Waals surface area contributed by atoms with Crippen LogP contribution in [0.1, 0.15) is 22.8 Å². The molecule has 3 rings (SSSR count). The predicted octanol–water partition coefficient (Wildman–Crippen LogP) is 3.15. The number of nitrogens with zero attached hydrogens (tertiary/aromatic N) is 3. The van der Waals surface area contributed by atoms with Gasteiger partial charge in [0.2, 0.25) is 0 Å². The fourth-order valence-corrected chi connectivity index (χ4v) is 3.52. The third-order valence-electron chi connectivity index (χ3n) is 4.67. The van der Waals surface area contributed by atoms with Crippen molar-refractivity contribution in [1.29, 1.82) is 0 Å². The predicted molar refractivity (Wildman–Crippen MR) is 108 cm³/mol. The summed E-state index contributed by atoms with van der Waals surface area (Å²) in [6.07, 6.45) is 2.55. The zero-order chi connectivity index (χ0) is 22.1. The molecule has 0 unspecified atom stereocenters. The fraction of sp³-hybridized carbons (Fsp3) is 0.211. The minimum absolute atomic E-state index is 0.00135. The zero-order valence-corrected chi connectivity index (χ0v) is 17.1. The number of nitrogen functional groups attached to an aromatic ring is 1. The van der Waals surface area contributed by atoms with E-state index in [0.717, 1.165) is 12.1 Å². The molecule has 0 aliphatic carbocycles. The van der Waals surface area contributed by atoms with E-state index in [2.05, 4.69) is 15.4 Å². The largest absolute Gasteiger partial charge is 0.397 e. The Hall–Kier alpha value is -2.75. The van der Waals surface area contributed by atoms with Gasteiger partial charge in [-0.25, -0.2) is 18.4 Å². The number of benzene rings is 2. The van der Waals surface area contributed by atoms with Crippen LogP contribution in [0.3, 0.4) is 0 Å². The Bertz CT molecular complexity index is 1080. The van der Waals surface area contributed by atoms with Crippen LogP contribution in [0.5, 0.6) is 0 Å². The summed E-state index contributed by atoms with van der Waals surface area (Å²) in [6.45, 7) is 1.18. The highest BCUT2D eigenvalue weighted by Crippen LogP contribution is 2.31. The Morgan fingerprint density at radius 1 is 1.33 bits per heavy atom. The fourth-order valence-electron chi connectivity index (χ4n) is 3.02. The van der Waals surface area contributed by atoms with Gasteiger partial charge < -0.3 is 16.2 Å². The number of rotatable bonds is 6. The van der Waals surface area contributed by atoms with Crippen molar-refractivity contribution in [2.75, 3.05) is 5.73 Å². The molecule has 0 saturated heterocycles. The van der Waals surface area contributed by atoms with Gasteiger partial charge in [-0.1, -0.05) is 29.3 Å². The van der Waals surface area contributed by atoms with Crippen LogP contribution in [-0.2, 0) is 12.1 Å². The van der Waals surface area contributed by atoms with E-state index in [9.17, 15) is 18.7 Å². The number of carbonyl (C=O) groups excluding carboxylic acids is 1. The van der Waals surface area contributed by atoms with E-state index in [1.165, 1.54) is 36.4 Å². The van der Waals surface area contributed by atoms with Gasteiger partial charge in [0.1, 0.15) is 29.9 Å². The third kappa shape index (κ3) is 4.38. The molecule has 0 aliphatic rings. The number of nitrogens with one attached hydrogen (secondary N) is 1. The molecular weight excluding hydrogens is 439 g/mol. The Morgan fingerprint density at radius 3 is 2.70 bits per heavy atom. The van der Waals surface area contributed by atoms with Gasteiger partial charge in [0.15, 0.2) is 0 Å². The van der Waals surface area contributed by atoms with E-state index in [4.69, 9.17) is 28.9 Å². The van der Waals surface area contributed by atoms with Crippen molar-refractivity contribution < 1.29 is 18.7 Å². The highest BCUT2D eigenvalue weighted by Gasteiger charge is 2.40. The van der Waals surface area contributed by atoms with Crippen molar-refractivity contribution in [2.45, 2.75) is 25.1 Å². The lowest BCUT2D eigenvalue weighted by Gasteiger charge is -2.35. The van der Waals surface area contributed by atoms with E-state index in [0.29, 0.717) is 6.07 Å². The van der Waals surface area contributed by atoms with E-state index in [1.54, 1.807) is 0 Å². The number of hydrogen-bond acceptors (Lipinski definition) is 5. The number of anilines is 1. The minimum atomic E-state index is -2.02. The first-order valence-corrected chi connectivity index (χ1v) is 9.43. The summed E-state index contributed by atoms with van der Waals surface area (Å²) in [6, 6.07) is 4.38. The van der Waals surface area contributed by atoms with Gasteiger partial charge in [-0.05, 0) is 25.1 Å². The average molecular weight is 456 g/mol.